The summed E-state index contributed by atoms with van der Waals surface area (Å²) in [4.78, 5) is 10.3. The average Bonchev–Trinajstić information content (AvgIpc) is 2.21. The van der Waals surface area contributed by atoms with Crippen molar-refractivity contribution >= 4 is 5.97 Å². The average molecular weight is 213 g/mol. The number of rotatable bonds is 9. The highest BCUT2D eigenvalue weighted by molar-refractivity contribution is 5.66. The first-order valence-electron chi connectivity index (χ1n) is 5.65. The number of carboxylic acid groups (broad SMARTS) is 1. The van der Waals surface area contributed by atoms with Gasteiger partial charge in [0, 0.05) is 13.0 Å². The Kier molecular flexibility index (Phi) is 8.01. The lowest BCUT2D eigenvalue weighted by Crippen LogP contribution is -2.20. The van der Waals surface area contributed by atoms with Gasteiger partial charge in [-0.2, -0.15) is 0 Å². The van der Waals surface area contributed by atoms with Crippen LogP contribution in [0.4, 0.5) is 0 Å². The summed E-state index contributed by atoms with van der Waals surface area (Å²) in [5.74, 6) is -0.224. The lowest BCUT2D eigenvalue weighted by atomic mass is 10.0. The summed E-state index contributed by atoms with van der Waals surface area (Å²) in [7, 11) is 0. The summed E-state index contributed by atoms with van der Waals surface area (Å²) in [5.41, 5.74) is 1.22. The van der Waals surface area contributed by atoms with Crippen LogP contribution in [0.25, 0.3) is 0 Å². The molecule has 0 aromatic carbocycles. The Labute approximate surface area is 92.6 Å². The second-order valence-corrected chi connectivity index (χ2v) is 4.11. The largest absolute Gasteiger partial charge is 0.481 e. The van der Waals surface area contributed by atoms with Crippen LogP contribution in [0.3, 0.4) is 0 Å². The van der Waals surface area contributed by atoms with Gasteiger partial charge in [0.05, 0.1) is 0 Å². The van der Waals surface area contributed by atoms with Crippen molar-refractivity contribution in [3.05, 3.63) is 12.2 Å². The van der Waals surface area contributed by atoms with E-state index in [4.69, 9.17) is 5.11 Å². The van der Waals surface area contributed by atoms with Crippen LogP contribution in [0.5, 0.6) is 0 Å². The molecule has 0 aromatic heterocycles. The summed E-state index contributed by atoms with van der Waals surface area (Å²) in [6.07, 6.45) is 3.10. The minimum absolute atomic E-state index is 0.281. The number of hydrogen-bond donors (Lipinski definition) is 2. The third-order valence-electron chi connectivity index (χ3n) is 2.54. The molecule has 1 unspecified atom stereocenters. The van der Waals surface area contributed by atoms with E-state index in [1.165, 1.54) is 5.57 Å². The Balaban J connectivity index is 3.34. The van der Waals surface area contributed by atoms with E-state index in [0.29, 0.717) is 5.92 Å². The monoisotopic (exact) mass is 213 g/mol. The Morgan fingerprint density at radius 2 is 2.13 bits per heavy atom. The van der Waals surface area contributed by atoms with Crippen molar-refractivity contribution in [1.82, 2.24) is 5.32 Å². The molecule has 0 saturated carbocycles. The van der Waals surface area contributed by atoms with E-state index in [2.05, 4.69) is 25.7 Å². The Morgan fingerprint density at radius 1 is 1.47 bits per heavy atom. The van der Waals surface area contributed by atoms with Gasteiger partial charge in [0.15, 0.2) is 0 Å². The highest BCUT2D eigenvalue weighted by Crippen LogP contribution is 2.09. The van der Waals surface area contributed by atoms with Gasteiger partial charge in [0.1, 0.15) is 0 Å². The summed E-state index contributed by atoms with van der Waals surface area (Å²) < 4.78 is 0. The lowest BCUT2D eigenvalue weighted by molar-refractivity contribution is -0.137. The van der Waals surface area contributed by atoms with E-state index in [1.54, 1.807) is 0 Å². The van der Waals surface area contributed by atoms with Crippen LogP contribution >= 0.6 is 0 Å². The second kappa shape index (κ2) is 8.48. The van der Waals surface area contributed by atoms with Gasteiger partial charge in [-0.05, 0) is 31.7 Å². The zero-order valence-corrected chi connectivity index (χ0v) is 9.88. The van der Waals surface area contributed by atoms with Crippen LogP contribution in [0.15, 0.2) is 12.2 Å². The minimum Gasteiger partial charge on any atom is -0.481 e. The molecule has 0 spiro atoms. The van der Waals surface area contributed by atoms with E-state index in [-0.39, 0.29) is 6.42 Å². The highest BCUT2D eigenvalue weighted by Gasteiger charge is 2.04. The number of aliphatic carboxylic acids is 1. The summed E-state index contributed by atoms with van der Waals surface area (Å²) in [6.45, 7) is 9.92. The SMILES string of the molecule is C=C(CC)CNCCC(C)CCC(=O)O. The molecule has 0 aromatic rings. The molecule has 0 radical (unpaired) electrons. The quantitative estimate of drug-likeness (QED) is 0.457. The van der Waals surface area contributed by atoms with Gasteiger partial charge in [0.2, 0.25) is 0 Å². The fourth-order valence-corrected chi connectivity index (χ4v) is 1.25. The first-order chi connectivity index (χ1) is 7.06. The first kappa shape index (κ1) is 14.2. The zero-order valence-electron chi connectivity index (χ0n) is 9.88. The van der Waals surface area contributed by atoms with Gasteiger partial charge in [-0.1, -0.05) is 26.0 Å². The molecule has 0 fully saturated rings. The molecule has 0 amide bonds. The summed E-state index contributed by atoms with van der Waals surface area (Å²) >= 11 is 0. The molecule has 0 rings (SSSR count). The number of carbonyl (C=O) groups is 1. The van der Waals surface area contributed by atoms with Crippen LogP contribution in [0.1, 0.15) is 39.5 Å². The van der Waals surface area contributed by atoms with Crippen molar-refractivity contribution in [3.8, 4) is 0 Å². The molecular formula is C12H23NO2. The maximum absolute atomic E-state index is 10.3. The molecule has 1 atom stereocenters. The van der Waals surface area contributed by atoms with Crippen molar-refractivity contribution in [1.29, 1.82) is 0 Å². The fourth-order valence-electron chi connectivity index (χ4n) is 1.25. The third kappa shape index (κ3) is 9.47. The smallest absolute Gasteiger partial charge is 0.303 e. The minimum atomic E-state index is -0.700. The van der Waals surface area contributed by atoms with Crippen molar-refractivity contribution in [2.75, 3.05) is 13.1 Å². The lowest BCUT2D eigenvalue weighted by Gasteiger charge is -2.11. The zero-order chi connectivity index (χ0) is 11.7. The van der Waals surface area contributed by atoms with Crippen LogP contribution in [-0.2, 0) is 4.79 Å². The maximum Gasteiger partial charge on any atom is 0.303 e. The molecule has 2 N–H and O–H groups in total. The molecule has 0 aliphatic heterocycles. The van der Waals surface area contributed by atoms with Crippen molar-refractivity contribution in [3.63, 3.8) is 0 Å². The summed E-state index contributed by atoms with van der Waals surface area (Å²) in [6, 6.07) is 0. The Hall–Kier alpha value is -0.830. The Morgan fingerprint density at radius 3 is 2.67 bits per heavy atom. The summed E-state index contributed by atoms with van der Waals surface area (Å²) in [5, 5.41) is 11.8. The van der Waals surface area contributed by atoms with Crippen molar-refractivity contribution in [2.45, 2.75) is 39.5 Å². The molecule has 3 nitrogen and oxygen atoms in total. The molecular weight excluding hydrogens is 190 g/mol. The van der Waals surface area contributed by atoms with E-state index in [1.807, 2.05) is 0 Å². The van der Waals surface area contributed by atoms with Gasteiger partial charge in [-0.15, -0.1) is 0 Å². The van der Waals surface area contributed by atoms with E-state index in [9.17, 15) is 4.79 Å². The molecule has 15 heavy (non-hydrogen) atoms. The highest BCUT2D eigenvalue weighted by atomic mass is 16.4. The number of carboxylic acids is 1. The van der Waals surface area contributed by atoms with Crippen LogP contribution in [0, 0.1) is 5.92 Å². The predicted molar refractivity (Wildman–Crippen MR) is 63.0 cm³/mol. The van der Waals surface area contributed by atoms with E-state index < -0.39 is 5.97 Å². The predicted octanol–water partition coefficient (Wildman–Crippen LogP) is 2.43. The van der Waals surface area contributed by atoms with Crippen LogP contribution in [-0.4, -0.2) is 24.2 Å². The van der Waals surface area contributed by atoms with Gasteiger partial charge in [-0.3, -0.25) is 4.79 Å². The molecule has 88 valence electrons. The van der Waals surface area contributed by atoms with Crippen molar-refractivity contribution in [2.24, 2.45) is 5.92 Å². The normalized spacial score (nSPS) is 12.4. The molecule has 0 aliphatic rings. The maximum atomic E-state index is 10.3. The van der Waals surface area contributed by atoms with Gasteiger partial charge >= 0.3 is 5.97 Å². The standard InChI is InChI=1S/C12H23NO2/c1-4-10(2)9-13-8-7-11(3)5-6-12(14)15/h11,13H,2,4-9H2,1,3H3,(H,14,15). The molecule has 0 bridgehead atoms. The van der Waals surface area contributed by atoms with Gasteiger partial charge < -0.3 is 10.4 Å². The van der Waals surface area contributed by atoms with E-state index in [0.717, 1.165) is 32.4 Å². The number of nitrogens with one attached hydrogen (secondary N) is 1. The van der Waals surface area contributed by atoms with Crippen LogP contribution in [0.2, 0.25) is 0 Å². The topological polar surface area (TPSA) is 49.3 Å². The Bertz CT molecular complexity index is 202. The molecule has 0 heterocycles. The van der Waals surface area contributed by atoms with Gasteiger partial charge in [0.25, 0.3) is 0 Å². The first-order valence-corrected chi connectivity index (χ1v) is 5.65. The molecule has 3 heteroatoms. The van der Waals surface area contributed by atoms with E-state index >= 15 is 0 Å². The third-order valence-corrected chi connectivity index (χ3v) is 2.54. The number of hydrogen-bond acceptors (Lipinski definition) is 2. The van der Waals surface area contributed by atoms with Crippen molar-refractivity contribution < 1.29 is 9.90 Å². The molecule has 0 aliphatic carbocycles. The fraction of sp³-hybridized carbons (Fsp3) is 0.750. The molecule has 0 saturated heterocycles. The van der Waals surface area contributed by atoms with Crippen LogP contribution < -0.4 is 5.32 Å². The second-order valence-electron chi connectivity index (χ2n) is 4.11. The van der Waals surface area contributed by atoms with Gasteiger partial charge in [-0.25, -0.2) is 0 Å².